The van der Waals surface area contributed by atoms with Crippen LogP contribution in [0, 0.1) is 6.92 Å². The van der Waals surface area contributed by atoms with Crippen LogP contribution in [-0.2, 0) is 16.0 Å². The maximum Gasteiger partial charge on any atom is 0.0700 e. The van der Waals surface area contributed by atoms with Gasteiger partial charge in [0.1, 0.15) is 0 Å². The Kier molecular flexibility index (Phi) is 9.08. The van der Waals surface area contributed by atoms with Crippen LogP contribution in [0.3, 0.4) is 0 Å². The number of benzene rings is 1. The van der Waals surface area contributed by atoms with Gasteiger partial charge in [-0.2, -0.15) is 0 Å². The van der Waals surface area contributed by atoms with Crippen molar-refractivity contribution in [3.05, 3.63) is 33.8 Å². The molecule has 0 aliphatic carbocycles. The number of rotatable bonds is 10. The van der Waals surface area contributed by atoms with Gasteiger partial charge in [-0.3, -0.25) is 0 Å². The van der Waals surface area contributed by atoms with E-state index in [9.17, 15) is 0 Å². The van der Waals surface area contributed by atoms with Crippen molar-refractivity contribution in [3.8, 4) is 0 Å². The first-order valence-electron chi connectivity index (χ1n) is 6.76. The quantitative estimate of drug-likeness (QED) is 0.668. The molecule has 0 radical (unpaired) electrons. The van der Waals surface area contributed by atoms with E-state index in [2.05, 4.69) is 46.4 Å². The number of aryl methyl sites for hydroxylation is 1. The highest BCUT2D eigenvalue weighted by molar-refractivity contribution is 9.10. The molecule has 0 unspecified atom stereocenters. The van der Waals surface area contributed by atoms with Crippen LogP contribution in [0.4, 0.5) is 0 Å². The van der Waals surface area contributed by atoms with Crippen LogP contribution in [0.1, 0.15) is 24.0 Å². The van der Waals surface area contributed by atoms with Crippen molar-refractivity contribution in [3.63, 3.8) is 0 Å². The molecular weight excluding hydrogens is 306 g/mol. The molecular formula is C15H24BrNO2. The topological polar surface area (TPSA) is 30.5 Å². The summed E-state index contributed by atoms with van der Waals surface area (Å²) in [6.45, 7) is 6.23. The number of methoxy groups -OCH3 is 1. The second-order valence-corrected chi connectivity index (χ2v) is 5.44. The normalized spacial score (nSPS) is 10.9. The molecule has 19 heavy (non-hydrogen) atoms. The molecule has 1 N–H and O–H groups in total. The third-order valence-corrected chi connectivity index (χ3v) is 3.59. The zero-order valence-electron chi connectivity index (χ0n) is 11.9. The van der Waals surface area contributed by atoms with E-state index >= 15 is 0 Å². The van der Waals surface area contributed by atoms with Crippen molar-refractivity contribution in [2.24, 2.45) is 0 Å². The first kappa shape index (κ1) is 16.6. The van der Waals surface area contributed by atoms with Gasteiger partial charge in [-0.15, -0.1) is 0 Å². The van der Waals surface area contributed by atoms with Crippen molar-refractivity contribution in [1.29, 1.82) is 0 Å². The molecule has 0 saturated heterocycles. The van der Waals surface area contributed by atoms with Gasteiger partial charge in [0.2, 0.25) is 0 Å². The average molecular weight is 330 g/mol. The van der Waals surface area contributed by atoms with Crippen LogP contribution in [0.25, 0.3) is 0 Å². The molecule has 108 valence electrons. The Bertz CT molecular complexity index is 358. The molecule has 0 bridgehead atoms. The van der Waals surface area contributed by atoms with Crippen LogP contribution >= 0.6 is 15.9 Å². The summed E-state index contributed by atoms with van der Waals surface area (Å²) in [5, 5.41) is 3.45. The highest BCUT2D eigenvalue weighted by Crippen LogP contribution is 2.17. The molecule has 1 aromatic carbocycles. The Hall–Kier alpha value is -0.420. The summed E-state index contributed by atoms with van der Waals surface area (Å²) < 4.78 is 11.5. The second kappa shape index (κ2) is 10.4. The maximum absolute atomic E-state index is 5.41. The van der Waals surface area contributed by atoms with E-state index in [1.54, 1.807) is 7.11 Å². The van der Waals surface area contributed by atoms with Crippen LogP contribution in [0.2, 0.25) is 0 Å². The van der Waals surface area contributed by atoms with Crippen molar-refractivity contribution in [2.75, 3.05) is 33.5 Å². The maximum atomic E-state index is 5.41. The molecule has 0 aliphatic heterocycles. The zero-order valence-corrected chi connectivity index (χ0v) is 13.5. The van der Waals surface area contributed by atoms with Crippen LogP contribution < -0.4 is 5.32 Å². The van der Waals surface area contributed by atoms with Crippen molar-refractivity contribution >= 4 is 15.9 Å². The van der Waals surface area contributed by atoms with Gasteiger partial charge < -0.3 is 14.8 Å². The zero-order chi connectivity index (χ0) is 13.9. The molecule has 4 heteroatoms. The van der Waals surface area contributed by atoms with E-state index in [-0.39, 0.29) is 0 Å². The Morgan fingerprint density at radius 2 is 2.00 bits per heavy atom. The number of hydrogen-bond acceptors (Lipinski definition) is 3. The first-order valence-corrected chi connectivity index (χ1v) is 7.55. The summed E-state index contributed by atoms with van der Waals surface area (Å²) in [6, 6.07) is 6.46. The predicted octanol–water partition coefficient (Wildman–Crippen LogP) is 3.29. The fourth-order valence-electron chi connectivity index (χ4n) is 1.72. The van der Waals surface area contributed by atoms with Gasteiger partial charge in [0, 0.05) is 24.7 Å². The second-order valence-electron chi connectivity index (χ2n) is 4.58. The molecule has 1 rings (SSSR count). The summed E-state index contributed by atoms with van der Waals surface area (Å²) in [5.74, 6) is 0. The summed E-state index contributed by atoms with van der Waals surface area (Å²) >= 11 is 3.59. The van der Waals surface area contributed by atoms with Crippen molar-refractivity contribution in [1.82, 2.24) is 5.32 Å². The molecule has 0 aliphatic rings. The minimum Gasteiger partial charge on any atom is -0.382 e. The number of hydrogen-bond donors (Lipinski definition) is 1. The predicted molar refractivity (Wildman–Crippen MR) is 82.5 cm³/mol. The van der Waals surface area contributed by atoms with Gasteiger partial charge in [0.25, 0.3) is 0 Å². The molecule has 0 heterocycles. The minimum absolute atomic E-state index is 0.680. The molecule has 0 amide bonds. The van der Waals surface area contributed by atoms with E-state index < -0.39 is 0 Å². The third kappa shape index (κ3) is 7.67. The molecule has 0 spiro atoms. The largest absolute Gasteiger partial charge is 0.382 e. The fourth-order valence-corrected chi connectivity index (χ4v) is 2.35. The summed E-state index contributed by atoms with van der Waals surface area (Å²) in [4.78, 5) is 0. The van der Waals surface area contributed by atoms with E-state index in [0.29, 0.717) is 13.2 Å². The smallest absolute Gasteiger partial charge is 0.0700 e. The van der Waals surface area contributed by atoms with Crippen molar-refractivity contribution < 1.29 is 9.47 Å². The van der Waals surface area contributed by atoms with Gasteiger partial charge >= 0.3 is 0 Å². The van der Waals surface area contributed by atoms with E-state index in [4.69, 9.17) is 9.47 Å². The number of unbranched alkanes of at least 4 members (excludes halogenated alkanes) is 1. The molecule has 0 aromatic heterocycles. The first-order chi connectivity index (χ1) is 9.24. The molecule has 0 atom stereocenters. The molecule has 1 aromatic rings. The van der Waals surface area contributed by atoms with Crippen LogP contribution in [0.5, 0.6) is 0 Å². The molecule has 0 saturated carbocycles. The number of halogens is 1. The minimum atomic E-state index is 0.680. The monoisotopic (exact) mass is 329 g/mol. The van der Waals surface area contributed by atoms with E-state index in [1.165, 1.54) is 15.6 Å². The van der Waals surface area contributed by atoms with Crippen molar-refractivity contribution in [2.45, 2.75) is 26.3 Å². The lowest BCUT2D eigenvalue weighted by atomic mass is 10.1. The van der Waals surface area contributed by atoms with E-state index in [0.717, 1.165) is 32.5 Å². The van der Waals surface area contributed by atoms with Gasteiger partial charge in [-0.25, -0.2) is 0 Å². The number of ether oxygens (including phenoxy) is 2. The highest BCUT2D eigenvalue weighted by Gasteiger charge is 1.99. The molecule has 3 nitrogen and oxygen atoms in total. The molecule has 0 fully saturated rings. The van der Waals surface area contributed by atoms with Crippen LogP contribution in [0.15, 0.2) is 22.7 Å². The van der Waals surface area contributed by atoms with Gasteiger partial charge in [-0.05, 0) is 43.5 Å². The Morgan fingerprint density at radius 1 is 1.16 bits per heavy atom. The highest BCUT2D eigenvalue weighted by atomic mass is 79.9. The summed E-state index contributed by atoms with van der Waals surface area (Å²) in [5.41, 5.74) is 2.59. The number of nitrogens with one attached hydrogen (secondary N) is 1. The standard InChI is InChI=1S/C15H24BrNO2/c1-13-5-6-14(15(16)11-13)12-17-7-3-4-8-19-10-9-18-2/h5-6,11,17H,3-4,7-10,12H2,1-2H3. The lowest BCUT2D eigenvalue weighted by molar-refractivity contribution is 0.0688. The Labute approximate surface area is 124 Å². The summed E-state index contributed by atoms with van der Waals surface area (Å²) in [7, 11) is 1.69. The fraction of sp³-hybridized carbons (Fsp3) is 0.600. The Balaban J connectivity index is 2.01. The van der Waals surface area contributed by atoms with Gasteiger partial charge in [0.15, 0.2) is 0 Å². The lowest BCUT2D eigenvalue weighted by Gasteiger charge is -2.08. The van der Waals surface area contributed by atoms with Gasteiger partial charge in [-0.1, -0.05) is 28.1 Å². The average Bonchev–Trinajstić information content (AvgIpc) is 2.39. The Morgan fingerprint density at radius 3 is 2.74 bits per heavy atom. The van der Waals surface area contributed by atoms with Gasteiger partial charge in [0.05, 0.1) is 13.2 Å². The van der Waals surface area contributed by atoms with E-state index in [1.807, 2.05) is 0 Å². The lowest BCUT2D eigenvalue weighted by Crippen LogP contribution is -2.15. The SMILES string of the molecule is COCCOCCCCNCc1ccc(C)cc1Br. The third-order valence-electron chi connectivity index (χ3n) is 2.85. The van der Waals surface area contributed by atoms with Crippen LogP contribution in [-0.4, -0.2) is 33.5 Å². The summed E-state index contributed by atoms with van der Waals surface area (Å²) in [6.07, 6.45) is 2.22.